The number of carbonyl (C=O) groups is 1. The second kappa shape index (κ2) is 7.52. The van der Waals surface area contributed by atoms with E-state index in [0.29, 0.717) is 17.9 Å². The molecule has 5 heteroatoms. The van der Waals surface area contributed by atoms with Gasteiger partial charge in [-0.25, -0.2) is 0 Å². The van der Waals surface area contributed by atoms with E-state index in [4.69, 9.17) is 9.47 Å². The van der Waals surface area contributed by atoms with Crippen LogP contribution >= 0.6 is 27.7 Å². The Morgan fingerprint density at radius 1 is 1.19 bits per heavy atom. The van der Waals surface area contributed by atoms with Crippen LogP contribution < -0.4 is 9.47 Å². The molecule has 2 rings (SSSR count). The summed E-state index contributed by atoms with van der Waals surface area (Å²) in [6.07, 6.45) is 2.80. The van der Waals surface area contributed by atoms with Gasteiger partial charge in [-0.15, -0.1) is 11.8 Å². The van der Waals surface area contributed by atoms with Crippen LogP contribution in [0.3, 0.4) is 0 Å². The number of thioether (sulfide) groups is 1. The van der Waals surface area contributed by atoms with Gasteiger partial charge in [0.05, 0.1) is 12.7 Å². The molecular formula is C16H15BrO3S. The lowest BCUT2D eigenvalue weighted by molar-refractivity contribution is 0.111. The Hall–Kier alpha value is -1.46. The van der Waals surface area contributed by atoms with Crippen molar-refractivity contribution in [1.29, 1.82) is 0 Å². The van der Waals surface area contributed by atoms with Gasteiger partial charge in [-0.3, -0.25) is 4.79 Å². The van der Waals surface area contributed by atoms with Crippen molar-refractivity contribution in [3.63, 3.8) is 0 Å². The monoisotopic (exact) mass is 366 g/mol. The lowest BCUT2D eigenvalue weighted by Crippen LogP contribution is -1.99. The van der Waals surface area contributed by atoms with Crippen LogP contribution in [0.25, 0.3) is 0 Å². The summed E-state index contributed by atoms with van der Waals surface area (Å²) < 4.78 is 11.9. The first-order valence-corrected chi connectivity index (χ1v) is 8.28. The smallest absolute Gasteiger partial charge is 0.153 e. The van der Waals surface area contributed by atoms with Crippen molar-refractivity contribution in [1.82, 2.24) is 0 Å². The minimum absolute atomic E-state index is 0.382. The van der Waals surface area contributed by atoms with E-state index in [1.54, 1.807) is 31.0 Å². The molecule has 0 aromatic heterocycles. The van der Waals surface area contributed by atoms with Gasteiger partial charge in [-0.2, -0.15) is 0 Å². The van der Waals surface area contributed by atoms with E-state index in [9.17, 15) is 4.79 Å². The van der Waals surface area contributed by atoms with Gasteiger partial charge in [-0.1, -0.05) is 22.0 Å². The minimum Gasteiger partial charge on any atom is -0.496 e. The molecule has 3 nitrogen and oxygen atoms in total. The highest BCUT2D eigenvalue weighted by molar-refractivity contribution is 9.10. The average Bonchev–Trinajstić information content (AvgIpc) is 2.53. The van der Waals surface area contributed by atoms with Gasteiger partial charge in [0, 0.05) is 9.37 Å². The average molecular weight is 367 g/mol. The number of rotatable bonds is 6. The molecule has 0 aliphatic carbocycles. The van der Waals surface area contributed by atoms with Crippen LogP contribution in [0.4, 0.5) is 0 Å². The van der Waals surface area contributed by atoms with Gasteiger partial charge in [-0.05, 0) is 42.2 Å². The quantitative estimate of drug-likeness (QED) is 0.554. The highest BCUT2D eigenvalue weighted by Crippen LogP contribution is 2.29. The van der Waals surface area contributed by atoms with Gasteiger partial charge in [0.25, 0.3) is 0 Å². The first kappa shape index (κ1) is 15.9. The number of carbonyl (C=O) groups excluding carboxylic acids is 1. The molecule has 2 aromatic carbocycles. The summed E-state index contributed by atoms with van der Waals surface area (Å²) in [5, 5.41) is 0. The molecule has 110 valence electrons. The van der Waals surface area contributed by atoms with Crippen molar-refractivity contribution in [2.24, 2.45) is 0 Å². The predicted octanol–water partition coefficient (Wildman–Crippen LogP) is 4.57. The van der Waals surface area contributed by atoms with E-state index in [2.05, 4.69) is 15.9 Å². The van der Waals surface area contributed by atoms with E-state index >= 15 is 0 Å². The molecule has 0 N–H and O–H groups in total. The van der Waals surface area contributed by atoms with Gasteiger partial charge in [0.15, 0.2) is 6.29 Å². The zero-order valence-electron chi connectivity index (χ0n) is 11.8. The van der Waals surface area contributed by atoms with E-state index in [1.165, 1.54) is 0 Å². The normalized spacial score (nSPS) is 10.2. The topological polar surface area (TPSA) is 35.5 Å². The molecule has 0 saturated carbocycles. The first-order chi connectivity index (χ1) is 10.2. The fourth-order valence-electron chi connectivity index (χ4n) is 1.87. The summed E-state index contributed by atoms with van der Waals surface area (Å²) in [6, 6.07) is 11.3. The van der Waals surface area contributed by atoms with Crippen LogP contribution in [0, 0.1) is 0 Å². The summed E-state index contributed by atoms with van der Waals surface area (Å²) in [5.74, 6) is 1.40. The second-order valence-electron chi connectivity index (χ2n) is 4.28. The third kappa shape index (κ3) is 4.02. The predicted molar refractivity (Wildman–Crippen MR) is 88.6 cm³/mol. The summed E-state index contributed by atoms with van der Waals surface area (Å²) in [7, 11) is 1.65. The van der Waals surface area contributed by atoms with Gasteiger partial charge >= 0.3 is 0 Å². The molecule has 0 atom stereocenters. The van der Waals surface area contributed by atoms with Crippen molar-refractivity contribution >= 4 is 34.0 Å². The fraction of sp³-hybridized carbons (Fsp3) is 0.188. The molecule has 0 bridgehead atoms. The van der Waals surface area contributed by atoms with E-state index in [-0.39, 0.29) is 0 Å². The van der Waals surface area contributed by atoms with Crippen LogP contribution in [-0.4, -0.2) is 19.7 Å². The molecule has 0 heterocycles. The number of ether oxygens (including phenoxy) is 2. The van der Waals surface area contributed by atoms with Gasteiger partial charge in [0.2, 0.25) is 0 Å². The van der Waals surface area contributed by atoms with Crippen molar-refractivity contribution in [2.75, 3.05) is 13.4 Å². The molecule has 0 unspecified atom stereocenters. The summed E-state index contributed by atoms with van der Waals surface area (Å²) >= 11 is 4.97. The van der Waals surface area contributed by atoms with Crippen LogP contribution in [0.1, 0.15) is 15.9 Å². The third-order valence-corrected chi connectivity index (χ3v) is 4.21. The Balaban J connectivity index is 2.15. The molecule has 0 amide bonds. The second-order valence-corrected chi connectivity index (χ2v) is 6.04. The third-order valence-electron chi connectivity index (χ3n) is 2.94. The largest absolute Gasteiger partial charge is 0.496 e. The number of halogens is 1. The molecule has 0 radical (unpaired) electrons. The Morgan fingerprint density at radius 3 is 2.67 bits per heavy atom. The summed E-state index contributed by atoms with van der Waals surface area (Å²) in [6.45, 7) is 0.382. The van der Waals surface area contributed by atoms with Gasteiger partial charge in [0.1, 0.15) is 18.1 Å². The van der Waals surface area contributed by atoms with Crippen molar-refractivity contribution in [2.45, 2.75) is 11.5 Å². The van der Waals surface area contributed by atoms with Crippen LogP contribution in [0.5, 0.6) is 11.5 Å². The first-order valence-electron chi connectivity index (χ1n) is 6.26. The Bertz CT molecular complexity index is 643. The van der Waals surface area contributed by atoms with Crippen molar-refractivity contribution in [3.8, 4) is 11.5 Å². The zero-order chi connectivity index (χ0) is 15.2. The number of hydrogen-bond acceptors (Lipinski definition) is 4. The summed E-state index contributed by atoms with van der Waals surface area (Å²) in [5.41, 5.74) is 1.52. The molecule has 0 spiro atoms. The van der Waals surface area contributed by atoms with Crippen LogP contribution in [0.15, 0.2) is 45.8 Å². The number of benzene rings is 2. The van der Waals surface area contributed by atoms with Crippen molar-refractivity contribution < 1.29 is 14.3 Å². The summed E-state index contributed by atoms with van der Waals surface area (Å²) in [4.78, 5) is 12.1. The molecular weight excluding hydrogens is 352 g/mol. The van der Waals surface area contributed by atoms with Crippen LogP contribution in [-0.2, 0) is 6.61 Å². The van der Waals surface area contributed by atoms with E-state index in [0.717, 1.165) is 27.0 Å². The standard InChI is InChI=1S/C16H15BrO3S/c1-19-15-7-11(3-6-16(15)21-2)10-20-14-5-4-13(17)8-12(14)9-18/h3-9H,10H2,1-2H3. The Morgan fingerprint density at radius 2 is 2.00 bits per heavy atom. The fourth-order valence-corrected chi connectivity index (χ4v) is 2.80. The Kier molecular flexibility index (Phi) is 5.70. The number of methoxy groups -OCH3 is 1. The molecule has 0 fully saturated rings. The molecule has 0 saturated heterocycles. The minimum atomic E-state index is 0.382. The highest BCUT2D eigenvalue weighted by Gasteiger charge is 2.07. The lowest BCUT2D eigenvalue weighted by Gasteiger charge is -2.11. The Labute approximate surface area is 136 Å². The molecule has 0 aliphatic heterocycles. The number of hydrogen-bond donors (Lipinski definition) is 0. The van der Waals surface area contributed by atoms with Gasteiger partial charge < -0.3 is 9.47 Å². The maximum absolute atomic E-state index is 11.1. The molecule has 0 aliphatic rings. The highest BCUT2D eigenvalue weighted by atomic mass is 79.9. The number of aldehydes is 1. The van der Waals surface area contributed by atoms with E-state index in [1.807, 2.05) is 30.5 Å². The van der Waals surface area contributed by atoms with Crippen LogP contribution in [0.2, 0.25) is 0 Å². The SMILES string of the molecule is COc1cc(COc2ccc(Br)cc2C=O)ccc1SC. The maximum atomic E-state index is 11.1. The lowest BCUT2D eigenvalue weighted by atomic mass is 10.2. The van der Waals surface area contributed by atoms with E-state index < -0.39 is 0 Å². The van der Waals surface area contributed by atoms with Crippen molar-refractivity contribution in [3.05, 3.63) is 52.0 Å². The zero-order valence-corrected chi connectivity index (χ0v) is 14.2. The maximum Gasteiger partial charge on any atom is 0.153 e. The molecule has 21 heavy (non-hydrogen) atoms. The molecule has 2 aromatic rings.